The van der Waals surface area contributed by atoms with Gasteiger partial charge in [0.2, 0.25) is 11.8 Å². The van der Waals surface area contributed by atoms with Crippen LogP contribution in [-0.2, 0) is 9.59 Å². The predicted octanol–water partition coefficient (Wildman–Crippen LogP) is 0.654. The van der Waals surface area contributed by atoms with E-state index in [9.17, 15) is 9.59 Å². The largest absolute Gasteiger partial charge is 0.370 e. The molecule has 1 heterocycles. The van der Waals surface area contributed by atoms with Crippen LogP contribution in [-0.4, -0.2) is 29.8 Å². The summed E-state index contributed by atoms with van der Waals surface area (Å²) in [6, 6.07) is 0. The normalized spacial score (nSPS) is 18.9. The fourth-order valence-corrected chi connectivity index (χ4v) is 1.70. The van der Waals surface area contributed by atoms with E-state index < -0.39 is 0 Å². The van der Waals surface area contributed by atoms with E-state index in [-0.39, 0.29) is 18.2 Å². The van der Waals surface area contributed by atoms with Crippen molar-refractivity contribution in [1.82, 2.24) is 4.90 Å². The van der Waals surface area contributed by atoms with Crippen LogP contribution in [0.4, 0.5) is 0 Å². The van der Waals surface area contributed by atoms with Crippen molar-refractivity contribution in [3.63, 3.8) is 0 Å². The molecule has 2 amide bonds. The summed E-state index contributed by atoms with van der Waals surface area (Å²) in [7, 11) is 0. The van der Waals surface area contributed by atoms with Crippen LogP contribution in [0.5, 0.6) is 0 Å². The summed E-state index contributed by atoms with van der Waals surface area (Å²) < 4.78 is 0. The molecule has 2 N–H and O–H groups in total. The minimum atomic E-state index is -0.333. The standard InChI is InChI=1S/C10H18N2O2/c11-9(13)6-8-12-7-4-2-1-3-5-10(12)14/h1-8H2,(H2,11,13). The number of nitrogens with zero attached hydrogens (tertiary/aromatic N) is 1. The molecular weight excluding hydrogens is 180 g/mol. The lowest BCUT2D eigenvalue weighted by Gasteiger charge is -2.24. The Morgan fingerprint density at radius 3 is 2.71 bits per heavy atom. The van der Waals surface area contributed by atoms with Gasteiger partial charge in [-0.2, -0.15) is 0 Å². The van der Waals surface area contributed by atoms with E-state index in [2.05, 4.69) is 0 Å². The topological polar surface area (TPSA) is 63.4 Å². The summed E-state index contributed by atoms with van der Waals surface area (Å²) in [5.74, 6) is -0.161. The van der Waals surface area contributed by atoms with Crippen LogP contribution in [0.3, 0.4) is 0 Å². The van der Waals surface area contributed by atoms with Gasteiger partial charge in [0.15, 0.2) is 0 Å². The molecule has 0 aromatic rings. The van der Waals surface area contributed by atoms with Gasteiger partial charge in [-0.25, -0.2) is 0 Å². The monoisotopic (exact) mass is 198 g/mol. The molecule has 0 bridgehead atoms. The molecule has 1 saturated heterocycles. The van der Waals surface area contributed by atoms with Gasteiger partial charge in [0.05, 0.1) is 0 Å². The Labute approximate surface area is 84.4 Å². The summed E-state index contributed by atoms with van der Waals surface area (Å²) >= 11 is 0. The highest BCUT2D eigenvalue weighted by atomic mass is 16.2. The van der Waals surface area contributed by atoms with Crippen LogP contribution in [0.15, 0.2) is 0 Å². The van der Waals surface area contributed by atoms with Crippen LogP contribution in [0.25, 0.3) is 0 Å². The number of amides is 2. The van der Waals surface area contributed by atoms with Gasteiger partial charge < -0.3 is 10.6 Å². The highest BCUT2D eigenvalue weighted by Crippen LogP contribution is 2.11. The van der Waals surface area contributed by atoms with E-state index in [1.54, 1.807) is 4.90 Å². The number of hydrogen-bond donors (Lipinski definition) is 1. The third-order valence-corrected chi connectivity index (χ3v) is 2.55. The zero-order valence-electron chi connectivity index (χ0n) is 8.50. The minimum absolute atomic E-state index is 0.172. The van der Waals surface area contributed by atoms with Crippen molar-refractivity contribution in [3.05, 3.63) is 0 Å². The van der Waals surface area contributed by atoms with Crippen LogP contribution in [0, 0.1) is 0 Å². The fourth-order valence-electron chi connectivity index (χ4n) is 1.70. The maximum atomic E-state index is 11.6. The fraction of sp³-hybridized carbons (Fsp3) is 0.800. The van der Waals surface area contributed by atoms with Crippen LogP contribution in [0.2, 0.25) is 0 Å². The van der Waals surface area contributed by atoms with E-state index in [1.165, 1.54) is 6.42 Å². The highest BCUT2D eigenvalue weighted by Gasteiger charge is 2.15. The predicted molar refractivity (Wildman–Crippen MR) is 53.5 cm³/mol. The van der Waals surface area contributed by atoms with Crippen molar-refractivity contribution in [1.29, 1.82) is 0 Å². The lowest BCUT2D eigenvalue weighted by Crippen LogP contribution is -2.35. The molecule has 14 heavy (non-hydrogen) atoms. The second kappa shape index (κ2) is 5.62. The molecule has 0 spiro atoms. The molecule has 0 aromatic heterocycles. The van der Waals surface area contributed by atoms with Crippen LogP contribution >= 0.6 is 0 Å². The second-order valence-corrected chi connectivity index (χ2v) is 3.76. The van der Waals surface area contributed by atoms with Crippen molar-refractivity contribution in [3.8, 4) is 0 Å². The first-order valence-electron chi connectivity index (χ1n) is 5.26. The quantitative estimate of drug-likeness (QED) is 0.723. The SMILES string of the molecule is NC(=O)CCN1CCCCCCC1=O. The average Bonchev–Trinajstić information content (AvgIpc) is 2.10. The molecule has 0 aromatic carbocycles. The Bertz CT molecular complexity index is 216. The van der Waals surface area contributed by atoms with Crippen LogP contribution < -0.4 is 5.73 Å². The molecule has 1 rings (SSSR count). The zero-order valence-corrected chi connectivity index (χ0v) is 8.50. The molecule has 1 fully saturated rings. The first kappa shape index (κ1) is 11.0. The van der Waals surface area contributed by atoms with Crippen molar-refractivity contribution in [2.75, 3.05) is 13.1 Å². The summed E-state index contributed by atoms with van der Waals surface area (Å²) in [6.45, 7) is 1.28. The van der Waals surface area contributed by atoms with Gasteiger partial charge in [-0.15, -0.1) is 0 Å². The highest BCUT2D eigenvalue weighted by molar-refractivity contribution is 5.78. The Morgan fingerprint density at radius 2 is 2.00 bits per heavy atom. The number of carbonyl (C=O) groups is 2. The number of likely N-dealkylation sites (tertiary alicyclic amines) is 1. The van der Waals surface area contributed by atoms with E-state index in [4.69, 9.17) is 5.73 Å². The molecule has 0 unspecified atom stereocenters. The maximum absolute atomic E-state index is 11.6. The number of carbonyl (C=O) groups excluding carboxylic acids is 2. The first-order valence-corrected chi connectivity index (χ1v) is 5.26. The third kappa shape index (κ3) is 3.77. The van der Waals surface area contributed by atoms with E-state index in [0.717, 1.165) is 25.8 Å². The number of nitrogens with two attached hydrogens (primary N) is 1. The minimum Gasteiger partial charge on any atom is -0.370 e. The van der Waals surface area contributed by atoms with Crippen molar-refractivity contribution < 1.29 is 9.59 Å². The molecule has 0 aliphatic carbocycles. The molecule has 4 heteroatoms. The van der Waals surface area contributed by atoms with Gasteiger partial charge >= 0.3 is 0 Å². The van der Waals surface area contributed by atoms with Crippen molar-refractivity contribution >= 4 is 11.8 Å². The second-order valence-electron chi connectivity index (χ2n) is 3.76. The molecule has 1 aliphatic rings. The number of rotatable bonds is 3. The van der Waals surface area contributed by atoms with E-state index >= 15 is 0 Å². The van der Waals surface area contributed by atoms with Gasteiger partial charge in [0, 0.05) is 25.9 Å². The molecule has 4 nitrogen and oxygen atoms in total. The van der Waals surface area contributed by atoms with Gasteiger partial charge in [-0.3, -0.25) is 9.59 Å². The van der Waals surface area contributed by atoms with Gasteiger partial charge in [0.25, 0.3) is 0 Å². The van der Waals surface area contributed by atoms with Gasteiger partial charge in [-0.1, -0.05) is 12.8 Å². The third-order valence-electron chi connectivity index (χ3n) is 2.55. The molecule has 0 saturated carbocycles. The Morgan fingerprint density at radius 1 is 1.29 bits per heavy atom. The molecule has 1 aliphatic heterocycles. The number of primary amides is 1. The van der Waals surface area contributed by atoms with Crippen LogP contribution in [0.1, 0.15) is 38.5 Å². The van der Waals surface area contributed by atoms with Gasteiger partial charge in [-0.05, 0) is 12.8 Å². The molecule has 0 radical (unpaired) electrons. The Balaban J connectivity index is 2.37. The summed E-state index contributed by atoms with van der Waals surface area (Å²) in [5, 5.41) is 0. The molecule has 80 valence electrons. The summed E-state index contributed by atoms with van der Waals surface area (Å²) in [6.07, 6.45) is 5.26. The lowest BCUT2D eigenvalue weighted by molar-refractivity contribution is -0.132. The van der Waals surface area contributed by atoms with Crippen molar-refractivity contribution in [2.45, 2.75) is 38.5 Å². The summed E-state index contributed by atoms with van der Waals surface area (Å²) in [5.41, 5.74) is 5.05. The maximum Gasteiger partial charge on any atom is 0.222 e. The molecule has 0 atom stereocenters. The Kier molecular flexibility index (Phi) is 4.43. The van der Waals surface area contributed by atoms with E-state index in [1.807, 2.05) is 0 Å². The van der Waals surface area contributed by atoms with E-state index in [0.29, 0.717) is 13.0 Å². The Hall–Kier alpha value is -1.06. The average molecular weight is 198 g/mol. The van der Waals surface area contributed by atoms with Crippen molar-refractivity contribution in [2.24, 2.45) is 5.73 Å². The summed E-state index contributed by atoms with van der Waals surface area (Å²) in [4.78, 5) is 23.9. The molecular formula is C10H18N2O2. The smallest absolute Gasteiger partial charge is 0.222 e. The number of hydrogen-bond acceptors (Lipinski definition) is 2. The van der Waals surface area contributed by atoms with Gasteiger partial charge in [0.1, 0.15) is 0 Å². The zero-order chi connectivity index (χ0) is 10.4. The first-order chi connectivity index (χ1) is 6.70. The lowest BCUT2D eigenvalue weighted by atomic mass is 10.1.